The number of ketones is 1. The van der Waals surface area contributed by atoms with Crippen molar-refractivity contribution in [3.05, 3.63) is 58.1 Å². The number of rotatable bonds is 6. The normalized spacial score (nSPS) is 14.2. The zero-order valence-electron chi connectivity index (χ0n) is 21.9. The van der Waals surface area contributed by atoms with Crippen LogP contribution in [0.2, 0.25) is 0 Å². The second-order valence-corrected chi connectivity index (χ2v) is 11.8. The largest absolute Gasteiger partial charge is 0.507 e. The summed E-state index contributed by atoms with van der Waals surface area (Å²) in [5, 5.41) is 28.9. The third-order valence-corrected chi connectivity index (χ3v) is 6.28. The molecular formula is C28H36N2O5. The van der Waals surface area contributed by atoms with Crippen LogP contribution in [0.1, 0.15) is 88.0 Å². The zero-order valence-corrected chi connectivity index (χ0v) is 21.9. The molecule has 1 aliphatic heterocycles. The number of carboxylic acid groups (broad SMARTS) is 1. The molecule has 188 valence electrons. The highest BCUT2D eigenvalue weighted by Gasteiger charge is 2.32. The van der Waals surface area contributed by atoms with E-state index in [1.165, 1.54) is 13.8 Å². The fourth-order valence-electron chi connectivity index (χ4n) is 4.11. The van der Waals surface area contributed by atoms with E-state index in [4.69, 9.17) is 10.1 Å². The lowest BCUT2D eigenvalue weighted by Crippen LogP contribution is -2.37. The molecule has 7 nitrogen and oxygen atoms in total. The Labute approximate surface area is 207 Å². The maximum absolute atomic E-state index is 13.4. The number of hydrogen-bond donors (Lipinski definition) is 3. The van der Waals surface area contributed by atoms with Gasteiger partial charge in [0.2, 0.25) is 0 Å². The summed E-state index contributed by atoms with van der Waals surface area (Å²) in [6, 6.07) is 8.67. The number of carbonyl (C=O) groups excluding carboxylic acids is 1. The van der Waals surface area contributed by atoms with E-state index in [1.807, 2.05) is 41.5 Å². The number of Topliss-reactive ketones (excluding diaryl/α,β-unsaturated/α-hetero) is 1. The Morgan fingerprint density at radius 1 is 0.971 bits per heavy atom. The predicted octanol–water partition coefficient (Wildman–Crippen LogP) is 5.25. The number of fused-ring (bicyclic) bond motifs is 1. The number of phenols is 1. The van der Waals surface area contributed by atoms with Crippen molar-refractivity contribution in [2.75, 3.05) is 6.54 Å². The molecular weight excluding hydrogens is 444 g/mol. The lowest BCUT2D eigenvalue weighted by molar-refractivity contribution is -0.152. The van der Waals surface area contributed by atoms with Crippen molar-refractivity contribution in [2.24, 2.45) is 0 Å². The Hall–Kier alpha value is -3.35. The molecule has 0 saturated carbocycles. The smallest absolute Gasteiger partial charge is 0.347 e. The summed E-state index contributed by atoms with van der Waals surface area (Å²) in [4.78, 5) is 26.5. The molecule has 0 amide bonds. The van der Waals surface area contributed by atoms with E-state index >= 15 is 0 Å². The highest BCUT2D eigenvalue weighted by atomic mass is 16.5. The molecule has 2 aromatic rings. The summed E-state index contributed by atoms with van der Waals surface area (Å²) >= 11 is 0. The summed E-state index contributed by atoms with van der Waals surface area (Å²) in [6.07, 6.45) is 0. The van der Waals surface area contributed by atoms with Crippen molar-refractivity contribution in [1.29, 1.82) is 5.41 Å². The van der Waals surface area contributed by atoms with Crippen LogP contribution in [0.5, 0.6) is 11.5 Å². The van der Waals surface area contributed by atoms with Crippen molar-refractivity contribution in [3.63, 3.8) is 0 Å². The molecule has 1 heterocycles. The molecule has 35 heavy (non-hydrogen) atoms. The lowest BCUT2D eigenvalue weighted by atomic mass is 9.78. The molecule has 0 bridgehead atoms. The van der Waals surface area contributed by atoms with Gasteiger partial charge in [-0.15, -0.1) is 0 Å². The van der Waals surface area contributed by atoms with Crippen LogP contribution in [0, 0.1) is 5.41 Å². The third-order valence-electron chi connectivity index (χ3n) is 6.28. The number of hydrogen-bond acceptors (Lipinski definition) is 5. The van der Waals surface area contributed by atoms with Crippen molar-refractivity contribution >= 4 is 17.6 Å². The monoisotopic (exact) mass is 480 g/mol. The van der Waals surface area contributed by atoms with E-state index in [2.05, 4.69) is 0 Å². The van der Waals surface area contributed by atoms with Crippen molar-refractivity contribution in [1.82, 2.24) is 4.90 Å². The number of amidine groups is 1. The Morgan fingerprint density at radius 3 is 2.00 bits per heavy atom. The number of benzene rings is 2. The van der Waals surface area contributed by atoms with Crippen LogP contribution in [0.25, 0.3) is 0 Å². The van der Waals surface area contributed by atoms with Crippen LogP contribution in [0.15, 0.2) is 30.3 Å². The van der Waals surface area contributed by atoms with Gasteiger partial charge in [-0.1, -0.05) is 47.6 Å². The molecule has 7 heteroatoms. The second kappa shape index (κ2) is 8.70. The van der Waals surface area contributed by atoms with Gasteiger partial charge in [-0.25, -0.2) is 4.79 Å². The maximum Gasteiger partial charge on any atom is 0.347 e. The van der Waals surface area contributed by atoms with Gasteiger partial charge in [0.1, 0.15) is 17.3 Å². The van der Waals surface area contributed by atoms with Crippen molar-refractivity contribution < 1.29 is 24.5 Å². The SMILES string of the molecule is CC(C)(Oc1ccc2c(c1)C(=N)N(CC(=O)c1cc(C(C)(C)C)c(O)c(C(C)(C)C)c1)C2)C(=O)O. The molecule has 0 saturated heterocycles. The van der Waals surface area contributed by atoms with E-state index in [-0.39, 0.29) is 34.7 Å². The number of carboxylic acids is 1. The third kappa shape index (κ3) is 5.34. The fourth-order valence-corrected chi connectivity index (χ4v) is 4.11. The van der Waals surface area contributed by atoms with Gasteiger partial charge in [0.05, 0.1) is 6.54 Å². The first kappa shape index (κ1) is 26.3. The van der Waals surface area contributed by atoms with Gasteiger partial charge in [-0.3, -0.25) is 10.2 Å². The topological polar surface area (TPSA) is 111 Å². The van der Waals surface area contributed by atoms with Gasteiger partial charge >= 0.3 is 5.97 Å². The molecule has 3 rings (SSSR count). The Balaban J connectivity index is 1.88. The number of aromatic hydroxyl groups is 1. The van der Waals surface area contributed by atoms with E-state index in [1.54, 1.807) is 35.2 Å². The standard InChI is InChI=1S/C28H36N2O5/c1-26(2,3)20-11-17(12-21(23(20)32)27(4,5)6)22(31)15-30-14-16-9-10-18(13-19(16)24(30)29)35-28(7,8)25(33)34/h9-13,29,32H,14-15H2,1-8H3,(H,33,34). The Bertz CT molecular complexity index is 1160. The molecule has 0 fully saturated rings. The molecule has 0 aromatic heterocycles. The highest BCUT2D eigenvalue weighted by molar-refractivity contribution is 6.05. The molecule has 1 aliphatic rings. The maximum atomic E-state index is 13.4. The van der Waals surface area contributed by atoms with Gasteiger partial charge in [0, 0.05) is 28.8 Å². The number of ether oxygens (including phenoxy) is 1. The van der Waals surface area contributed by atoms with E-state index in [9.17, 15) is 19.8 Å². The number of carbonyl (C=O) groups is 2. The quantitative estimate of drug-likeness (QED) is 0.487. The van der Waals surface area contributed by atoms with Crippen LogP contribution in [0.4, 0.5) is 0 Å². The Morgan fingerprint density at radius 2 is 1.51 bits per heavy atom. The highest BCUT2D eigenvalue weighted by Crippen LogP contribution is 2.40. The van der Waals surface area contributed by atoms with Crippen LogP contribution < -0.4 is 4.74 Å². The number of nitrogens with zero attached hydrogens (tertiary/aromatic N) is 1. The summed E-state index contributed by atoms with van der Waals surface area (Å²) in [7, 11) is 0. The van der Waals surface area contributed by atoms with Crippen LogP contribution in [-0.4, -0.2) is 44.8 Å². The number of nitrogens with one attached hydrogen (secondary N) is 1. The zero-order chi connectivity index (χ0) is 26.5. The Kier molecular flexibility index (Phi) is 6.53. The minimum Gasteiger partial charge on any atom is -0.507 e. The summed E-state index contributed by atoms with van der Waals surface area (Å²) in [6.45, 7) is 15.4. The fraction of sp³-hybridized carbons (Fsp3) is 0.464. The molecule has 0 aliphatic carbocycles. The summed E-state index contributed by atoms with van der Waals surface area (Å²) in [5.41, 5.74) is 1.33. The summed E-state index contributed by atoms with van der Waals surface area (Å²) in [5.74, 6) is -0.449. The lowest BCUT2D eigenvalue weighted by Gasteiger charge is -2.28. The second-order valence-electron chi connectivity index (χ2n) is 11.8. The first-order valence-electron chi connectivity index (χ1n) is 11.7. The van der Waals surface area contributed by atoms with Crippen LogP contribution >= 0.6 is 0 Å². The first-order valence-corrected chi connectivity index (χ1v) is 11.7. The first-order chi connectivity index (χ1) is 15.9. The van der Waals surface area contributed by atoms with E-state index in [0.717, 1.165) is 16.7 Å². The van der Waals surface area contributed by atoms with Crippen LogP contribution in [-0.2, 0) is 22.2 Å². The van der Waals surface area contributed by atoms with E-state index < -0.39 is 11.6 Å². The molecule has 3 N–H and O–H groups in total. The number of phenolic OH excluding ortho intramolecular Hbond substituents is 1. The van der Waals surface area contributed by atoms with Gasteiger partial charge in [-0.2, -0.15) is 0 Å². The van der Waals surface area contributed by atoms with Gasteiger partial charge < -0.3 is 19.8 Å². The number of aliphatic carboxylic acids is 1. The molecule has 0 spiro atoms. The van der Waals surface area contributed by atoms with E-state index in [0.29, 0.717) is 23.4 Å². The molecule has 0 unspecified atom stereocenters. The minimum atomic E-state index is -1.40. The van der Waals surface area contributed by atoms with Gasteiger partial charge in [0.15, 0.2) is 11.4 Å². The van der Waals surface area contributed by atoms with Crippen molar-refractivity contribution in [3.8, 4) is 11.5 Å². The van der Waals surface area contributed by atoms with Gasteiger partial charge in [0.25, 0.3) is 0 Å². The summed E-state index contributed by atoms with van der Waals surface area (Å²) < 4.78 is 5.62. The average molecular weight is 481 g/mol. The molecule has 0 atom stereocenters. The van der Waals surface area contributed by atoms with Crippen molar-refractivity contribution in [2.45, 2.75) is 78.4 Å². The average Bonchev–Trinajstić information content (AvgIpc) is 3.01. The predicted molar refractivity (Wildman–Crippen MR) is 136 cm³/mol. The molecule has 2 aromatic carbocycles. The van der Waals surface area contributed by atoms with Gasteiger partial charge in [-0.05, 0) is 54.5 Å². The van der Waals surface area contributed by atoms with Crippen LogP contribution in [0.3, 0.4) is 0 Å². The minimum absolute atomic E-state index is 0.0161. The molecule has 0 radical (unpaired) electrons.